The Morgan fingerprint density at radius 2 is 1.66 bits per heavy atom. The van der Waals surface area contributed by atoms with Crippen molar-refractivity contribution in [1.82, 2.24) is 0 Å². The lowest BCUT2D eigenvalue weighted by atomic mass is 10.1. The van der Waals surface area contributed by atoms with Crippen LogP contribution in [0.5, 0.6) is 0 Å². The van der Waals surface area contributed by atoms with Crippen LogP contribution in [0.1, 0.15) is 36.5 Å². The van der Waals surface area contributed by atoms with Gasteiger partial charge in [-0.1, -0.05) is 6.07 Å². The zero-order chi connectivity index (χ0) is 20.6. The summed E-state index contributed by atoms with van der Waals surface area (Å²) in [5.74, 6) is -1.28. The van der Waals surface area contributed by atoms with E-state index in [1.807, 2.05) is 24.3 Å². The molecule has 7 heteroatoms. The number of hydrogen-bond donors (Lipinski definition) is 2. The molecule has 1 heterocycles. The second-order valence-electron chi connectivity index (χ2n) is 6.98. The third-order valence-electron chi connectivity index (χ3n) is 4.63. The van der Waals surface area contributed by atoms with Crippen LogP contribution in [0.15, 0.2) is 48.5 Å². The number of benzene rings is 2. The molecule has 2 aromatic carbocycles. The normalized spacial score (nSPS) is 13.5. The first-order valence-electron chi connectivity index (χ1n) is 9.71. The topological polar surface area (TPSA) is 87.7 Å². The van der Waals surface area contributed by atoms with Crippen LogP contribution in [0.25, 0.3) is 0 Å². The smallest absolute Gasteiger partial charge is 0.338 e. The number of ether oxygens (including phenoxy) is 1. The molecule has 0 aromatic heterocycles. The highest BCUT2D eigenvalue weighted by Gasteiger charge is 2.13. The van der Waals surface area contributed by atoms with E-state index in [-0.39, 0.29) is 11.5 Å². The molecule has 0 radical (unpaired) electrons. The fourth-order valence-electron chi connectivity index (χ4n) is 3.25. The van der Waals surface area contributed by atoms with E-state index in [1.165, 1.54) is 32.3 Å². The summed E-state index contributed by atoms with van der Waals surface area (Å²) >= 11 is 0. The minimum Gasteiger partial charge on any atom is -0.452 e. The van der Waals surface area contributed by atoms with Crippen LogP contribution in [0.3, 0.4) is 0 Å². The van der Waals surface area contributed by atoms with Gasteiger partial charge in [0.15, 0.2) is 6.61 Å². The lowest BCUT2D eigenvalue weighted by Crippen LogP contribution is -2.29. The Balaban J connectivity index is 1.49. The molecule has 2 amide bonds. The molecule has 1 aliphatic heterocycles. The summed E-state index contributed by atoms with van der Waals surface area (Å²) in [7, 11) is 0. The van der Waals surface area contributed by atoms with Crippen molar-refractivity contribution in [2.45, 2.75) is 26.2 Å². The average Bonchev–Trinajstić information content (AvgIpc) is 2.73. The van der Waals surface area contributed by atoms with Gasteiger partial charge in [0.25, 0.3) is 5.91 Å². The Morgan fingerprint density at radius 3 is 2.34 bits per heavy atom. The number of nitrogens with one attached hydrogen (secondary N) is 2. The van der Waals surface area contributed by atoms with Gasteiger partial charge in [-0.2, -0.15) is 0 Å². The molecule has 2 aromatic rings. The highest BCUT2D eigenvalue weighted by Crippen LogP contribution is 2.21. The van der Waals surface area contributed by atoms with Gasteiger partial charge in [0.05, 0.1) is 5.56 Å². The number of amides is 2. The molecular formula is C22H25N3O4. The fraction of sp³-hybridized carbons (Fsp3) is 0.318. The quantitative estimate of drug-likeness (QED) is 0.732. The van der Waals surface area contributed by atoms with E-state index in [0.29, 0.717) is 11.4 Å². The van der Waals surface area contributed by atoms with Crippen LogP contribution in [0.4, 0.5) is 17.1 Å². The van der Waals surface area contributed by atoms with Crippen LogP contribution < -0.4 is 15.5 Å². The molecule has 0 unspecified atom stereocenters. The largest absolute Gasteiger partial charge is 0.452 e. The number of carbonyl (C=O) groups excluding carboxylic acids is 3. The monoisotopic (exact) mass is 395 g/mol. The maximum absolute atomic E-state index is 12.1. The summed E-state index contributed by atoms with van der Waals surface area (Å²) in [5, 5.41) is 5.32. The Kier molecular flexibility index (Phi) is 6.84. The summed E-state index contributed by atoms with van der Waals surface area (Å²) in [6.45, 7) is 3.11. The zero-order valence-corrected chi connectivity index (χ0v) is 16.4. The number of carbonyl (C=O) groups is 3. The number of rotatable bonds is 6. The molecule has 7 nitrogen and oxygen atoms in total. The summed E-state index contributed by atoms with van der Waals surface area (Å²) in [5.41, 5.74) is 2.55. The van der Waals surface area contributed by atoms with Gasteiger partial charge < -0.3 is 20.3 Å². The third kappa shape index (κ3) is 6.07. The molecule has 3 rings (SSSR count). The first-order chi connectivity index (χ1) is 14.0. The second-order valence-corrected chi connectivity index (χ2v) is 6.98. The van der Waals surface area contributed by atoms with E-state index >= 15 is 0 Å². The molecule has 0 bridgehead atoms. The Labute approximate surface area is 170 Å². The van der Waals surface area contributed by atoms with E-state index in [0.717, 1.165) is 18.8 Å². The van der Waals surface area contributed by atoms with Gasteiger partial charge in [-0.3, -0.25) is 9.59 Å². The molecular weight excluding hydrogens is 370 g/mol. The van der Waals surface area contributed by atoms with Crippen LogP contribution in [0, 0.1) is 0 Å². The predicted molar refractivity (Wildman–Crippen MR) is 112 cm³/mol. The summed E-state index contributed by atoms with van der Waals surface area (Å²) in [4.78, 5) is 37.7. The van der Waals surface area contributed by atoms with Crippen molar-refractivity contribution in [3.05, 3.63) is 54.1 Å². The molecule has 152 valence electrons. The van der Waals surface area contributed by atoms with Gasteiger partial charge in [-0.05, 0) is 61.7 Å². The second kappa shape index (κ2) is 9.73. The standard InChI is InChI=1S/C22H25N3O4/c1-16(26)23-19-7-5-6-17(14-19)22(28)29-15-21(27)24-18-8-10-20(11-9-18)25-12-3-2-4-13-25/h5-11,14H,2-4,12-13,15H2,1H3,(H,23,26)(H,24,27). The lowest BCUT2D eigenvalue weighted by molar-refractivity contribution is -0.119. The van der Waals surface area contributed by atoms with Gasteiger partial charge in [-0.15, -0.1) is 0 Å². The van der Waals surface area contributed by atoms with Crippen LogP contribution in [-0.2, 0) is 14.3 Å². The minimum absolute atomic E-state index is 0.235. The number of piperidine rings is 1. The molecule has 0 spiro atoms. The fourth-order valence-corrected chi connectivity index (χ4v) is 3.25. The maximum Gasteiger partial charge on any atom is 0.338 e. The van der Waals surface area contributed by atoms with Gasteiger partial charge in [0.2, 0.25) is 5.91 Å². The SMILES string of the molecule is CC(=O)Nc1cccc(C(=O)OCC(=O)Nc2ccc(N3CCCCC3)cc2)c1. The van der Waals surface area contributed by atoms with E-state index in [9.17, 15) is 14.4 Å². The molecule has 29 heavy (non-hydrogen) atoms. The van der Waals surface area contributed by atoms with Crippen molar-refractivity contribution in [1.29, 1.82) is 0 Å². The molecule has 1 aliphatic rings. The Morgan fingerprint density at radius 1 is 0.931 bits per heavy atom. The number of anilines is 3. The van der Waals surface area contributed by atoms with Crippen molar-refractivity contribution >= 4 is 34.8 Å². The first-order valence-corrected chi connectivity index (χ1v) is 9.71. The van der Waals surface area contributed by atoms with Gasteiger partial charge in [0.1, 0.15) is 0 Å². The minimum atomic E-state index is -0.632. The molecule has 0 aliphatic carbocycles. The predicted octanol–water partition coefficient (Wildman–Crippen LogP) is 3.43. The number of nitrogens with zero attached hydrogens (tertiary/aromatic N) is 1. The van der Waals surface area contributed by atoms with Crippen molar-refractivity contribution in [2.24, 2.45) is 0 Å². The van der Waals surface area contributed by atoms with E-state index in [1.54, 1.807) is 18.2 Å². The summed E-state index contributed by atoms with van der Waals surface area (Å²) in [6, 6.07) is 14.0. The zero-order valence-electron chi connectivity index (χ0n) is 16.4. The van der Waals surface area contributed by atoms with Crippen molar-refractivity contribution < 1.29 is 19.1 Å². The van der Waals surface area contributed by atoms with Crippen LogP contribution >= 0.6 is 0 Å². The molecule has 1 saturated heterocycles. The van der Waals surface area contributed by atoms with Crippen molar-refractivity contribution in [2.75, 3.05) is 35.2 Å². The third-order valence-corrected chi connectivity index (χ3v) is 4.63. The van der Waals surface area contributed by atoms with Gasteiger partial charge in [-0.25, -0.2) is 4.79 Å². The summed E-state index contributed by atoms with van der Waals surface area (Å²) in [6.07, 6.45) is 3.69. The number of esters is 1. The number of hydrogen-bond acceptors (Lipinski definition) is 5. The molecule has 0 saturated carbocycles. The Hall–Kier alpha value is -3.35. The van der Waals surface area contributed by atoms with Gasteiger partial charge in [0, 0.05) is 37.1 Å². The molecule has 2 N–H and O–H groups in total. The Bertz CT molecular complexity index is 874. The van der Waals surface area contributed by atoms with Crippen LogP contribution in [0.2, 0.25) is 0 Å². The van der Waals surface area contributed by atoms with E-state index < -0.39 is 18.5 Å². The molecule has 1 fully saturated rings. The first kappa shape index (κ1) is 20.4. The summed E-state index contributed by atoms with van der Waals surface area (Å²) < 4.78 is 5.07. The highest BCUT2D eigenvalue weighted by molar-refractivity contribution is 5.97. The average molecular weight is 395 g/mol. The van der Waals surface area contributed by atoms with E-state index in [4.69, 9.17) is 4.74 Å². The highest BCUT2D eigenvalue weighted by atomic mass is 16.5. The lowest BCUT2D eigenvalue weighted by Gasteiger charge is -2.28. The van der Waals surface area contributed by atoms with Crippen molar-refractivity contribution in [3.63, 3.8) is 0 Å². The van der Waals surface area contributed by atoms with Crippen molar-refractivity contribution in [3.8, 4) is 0 Å². The van der Waals surface area contributed by atoms with Gasteiger partial charge >= 0.3 is 5.97 Å². The maximum atomic E-state index is 12.1. The van der Waals surface area contributed by atoms with E-state index in [2.05, 4.69) is 15.5 Å². The van der Waals surface area contributed by atoms with Crippen LogP contribution in [-0.4, -0.2) is 37.5 Å². The molecule has 0 atom stereocenters.